The van der Waals surface area contributed by atoms with E-state index in [0.717, 1.165) is 44.6 Å². The summed E-state index contributed by atoms with van der Waals surface area (Å²) in [7, 11) is -3.92. The summed E-state index contributed by atoms with van der Waals surface area (Å²) < 4.78 is 46.4. The maximum atomic E-state index is 14.1. The fraction of sp³-hybridized carbons (Fsp3) is 0.500. The summed E-state index contributed by atoms with van der Waals surface area (Å²) in [5.74, 6) is -0.276. The number of halogens is 2. The van der Waals surface area contributed by atoms with Crippen LogP contribution in [0.2, 0.25) is 0 Å². The molecule has 10 heteroatoms. The second kappa shape index (κ2) is 6.88. The van der Waals surface area contributed by atoms with Gasteiger partial charge in [-0.25, -0.2) is 17.5 Å². The molecule has 2 saturated carbocycles. The molecule has 0 radical (unpaired) electrons. The van der Waals surface area contributed by atoms with Crippen molar-refractivity contribution in [3.8, 4) is 11.5 Å². The summed E-state index contributed by atoms with van der Waals surface area (Å²) in [6.07, 6.45) is 5.11. The molecule has 2 fully saturated rings. The monoisotopic (exact) mass is 402 g/mol. The summed E-state index contributed by atoms with van der Waals surface area (Å²) >= 11 is 0. The van der Waals surface area contributed by atoms with Gasteiger partial charge in [0.25, 0.3) is 5.89 Å². The first-order valence-corrected chi connectivity index (χ1v) is 9.81. The quantitative estimate of drug-likeness (QED) is 0.794. The largest absolute Gasteiger partial charge is 0.334 e. The predicted molar refractivity (Wildman–Crippen MR) is 94.6 cm³/mol. The number of sulfonamides is 1. The van der Waals surface area contributed by atoms with Crippen molar-refractivity contribution in [1.82, 2.24) is 14.9 Å². The number of hydrogen-bond donors (Lipinski definition) is 2. The van der Waals surface area contributed by atoms with E-state index in [4.69, 9.17) is 10.3 Å². The number of nitrogens with zero attached hydrogens (tertiary/aromatic N) is 2. The predicted octanol–water partition coefficient (Wildman–Crippen LogP) is 2.47. The molecule has 26 heavy (non-hydrogen) atoms. The Balaban J connectivity index is 0.00000196. The van der Waals surface area contributed by atoms with Crippen LogP contribution >= 0.6 is 12.4 Å². The first-order chi connectivity index (χ1) is 11.9. The van der Waals surface area contributed by atoms with E-state index >= 15 is 0 Å². The van der Waals surface area contributed by atoms with Crippen LogP contribution in [0, 0.1) is 5.82 Å². The van der Waals surface area contributed by atoms with Crippen molar-refractivity contribution in [3.63, 3.8) is 0 Å². The van der Waals surface area contributed by atoms with Gasteiger partial charge in [0, 0.05) is 11.6 Å². The van der Waals surface area contributed by atoms with E-state index in [0.29, 0.717) is 11.4 Å². The molecule has 142 valence electrons. The average molecular weight is 403 g/mol. The van der Waals surface area contributed by atoms with E-state index in [1.165, 1.54) is 12.1 Å². The molecule has 0 bridgehead atoms. The van der Waals surface area contributed by atoms with Gasteiger partial charge >= 0.3 is 0 Å². The van der Waals surface area contributed by atoms with Crippen LogP contribution in [0.15, 0.2) is 27.6 Å². The standard InChI is InChI=1S/C16H19FN4O3S.ClH/c17-12-6-3-10(9-13(12)25(22,23)21-11-4-5-11)14-19-15(20-24-14)16(18)7-1-2-8-16;/h3,6,9,11,21H,1-2,4-5,7-8,18H2;1H. The zero-order valence-corrected chi connectivity index (χ0v) is 15.6. The summed E-state index contributed by atoms with van der Waals surface area (Å²) in [5, 5.41) is 3.95. The third-order valence-corrected chi connectivity index (χ3v) is 6.27. The summed E-state index contributed by atoms with van der Waals surface area (Å²) in [4.78, 5) is 3.90. The van der Waals surface area contributed by atoms with E-state index in [2.05, 4.69) is 14.9 Å². The highest BCUT2D eigenvalue weighted by atomic mass is 35.5. The molecule has 0 aliphatic heterocycles. The smallest absolute Gasteiger partial charge is 0.258 e. The lowest BCUT2D eigenvalue weighted by Crippen LogP contribution is -2.34. The zero-order valence-electron chi connectivity index (χ0n) is 13.9. The molecule has 4 rings (SSSR count). The topological polar surface area (TPSA) is 111 Å². The van der Waals surface area contributed by atoms with Gasteiger partial charge in [0.2, 0.25) is 10.0 Å². The van der Waals surface area contributed by atoms with Crippen molar-refractivity contribution in [2.24, 2.45) is 5.73 Å². The van der Waals surface area contributed by atoms with Crippen LogP contribution in [0.1, 0.15) is 44.3 Å². The third-order valence-electron chi connectivity index (χ3n) is 4.73. The van der Waals surface area contributed by atoms with Gasteiger partial charge in [-0.1, -0.05) is 18.0 Å². The Labute approximate surface area is 157 Å². The van der Waals surface area contributed by atoms with Gasteiger partial charge in [0.15, 0.2) is 5.82 Å². The van der Waals surface area contributed by atoms with Crippen LogP contribution < -0.4 is 10.5 Å². The van der Waals surface area contributed by atoms with Crippen molar-refractivity contribution in [1.29, 1.82) is 0 Å². The molecule has 1 aromatic carbocycles. The average Bonchev–Trinajstić information content (AvgIpc) is 3.05. The molecule has 1 heterocycles. The van der Waals surface area contributed by atoms with Gasteiger partial charge in [0.05, 0.1) is 5.54 Å². The van der Waals surface area contributed by atoms with Crippen LogP contribution in [0.4, 0.5) is 4.39 Å². The van der Waals surface area contributed by atoms with Gasteiger partial charge in [0.1, 0.15) is 10.7 Å². The van der Waals surface area contributed by atoms with Crippen molar-refractivity contribution in [3.05, 3.63) is 29.8 Å². The van der Waals surface area contributed by atoms with E-state index in [1.54, 1.807) is 0 Å². The third kappa shape index (κ3) is 3.62. The molecular formula is C16H20ClFN4O3S. The Bertz CT molecular complexity index is 908. The molecule has 0 spiro atoms. The fourth-order valence-electron chi connectivity index (χ4n) is 3.10. The summed E-state index contributed by atoms with van der Waals surface area (Å²) in [6, 6.07) is 3.62. The highest BCUT2D eigenvalue weighted by molar-refractivity contribution is 7.89. The number of nitrogens with two attached hydrogens (primary N) is 1. The highest BCUT2D eigenvalue weighted by Crippen LogP contribution is 2.35. The number of benzene rings is 1. The Morgan fingerprint density at radius 1 is 1.27 bits per heavy atom. The van der Waals surface area contributed by atoms with Crippen LogP contribution in [0.25, 0.3) is 11.5 Å². The Kier molecular flexibility index (Phi) is 5.08. The fourth-order valence-corrected chi connectivity index (χ4v) is 4.51. The number of aromatic nitrogens is 2. The molecule has 0 unspecified atom stereocenters. The Morgan fingerprint density at radius 3 is 2.62 bits per heavy atom. The van der Waals surface area contributed by atoms with Crippen molar-refractivity contribution >= 4 is 22.4 Å². The molecule has 3 N–H and O–H groups in total. The minimum atomic E-state index is -3.92. The molecule has 7 nitrogen and oxygen atoms in total. The van der Waals surface area contributed by atoms with E-state index in [-0.39, 0.29) is 24.3 Å². The molecule has 0 atom stereocenters. The van der Waals surface area contributed by atoms with Gasteiger partial charge in [-0.15, -0.1) is 12.4 Å². The molecule has 0 amide bonds. The van der Waals surface area contributed by atoms with Crippen molar-refractivity contribution < 1.29 is 17.3 Å². The van der Waals surface area contributed by atoms with Crippen molar-refractivity contribution in [2.45, 2.75) is 55.0 Å². The second-order valence-electron chi connectivity index (χ2n) is 6.83. The van der Waals surface area contributed by atoms with E-state index in [9.17, 15) is 12.8 Å². The first-order valence-electron chi connectivity index (χ1n) is 8.33. The lowest BCUT2D eigenvalue weighted by molar-refractivity contribution is 0.372. The normalized spacial score (nSPS) is 19.3. The molecular weight excluding hydrogens is 383 g/mol. The van der Waals surface area contributed by atoms with E-state index < -0.39 is 26.3 Å². The van der Waals surface area contributed by atoms with Crippen LogP contribution in [-0.2, 0) is 15.6 Å². The summed E-state index contributed by atoms with van der Waals surface area (Å²) in [5.41, 5.74) is 6.04. The highest BCUT2D eigenvalue weighted by Gasteiger charge is 2.36. The number of hydrogen-bond acceptors (Lipinski definition) is 6. The Hall–Kier alpha value is -1.55. The number of nitrogens with one attached hydrogen (secondary N) is 1. The first kappa shape index (κ1) is 19.2. The maximum Gasteiger partial charge on any atom is 0.258 e. The summed E-state index contributed by atoms with van der Waals surface area (Å²) in [6.45, 7) is 0. The molecule has 2 aliphatic rings. The SMILES string of the molecule is Cl.NC1(c2noc(-c3ccc(F)c(S(=O)(=O)NC4CC4)c3)n2)CCCC1. The van der Waals surface area contributed by atoms with E-state index in [1.807, 2.05) is 0 Å². The molecule has 1 aromatic heterocycles. The van der Waals surface area contributed by atoms with Gasteiger partial charge < -0.3 is 10.3 Å². The lowest BCUT2D eigenvalue weighted by Gasteiger charge is -2.17. The van der Waals surface area contributed by atoms with Gasteiger partial charge in [-0.05, 0) is 43.9 Å². The molecule has 0 saturated heterocycles. The molecule has 2 aromatic rings. The van der Waals surface area contributed by atoms with Crippen LogP contribution in [-0.4, -0.2) is 24.6 Å². The molecule has 2 aliphatic carbocycles. The van der Waals surface area contributed by atoms with Crippen LogP contribution in [0.3, 0.4) is 0 Å². The second-order valence-corrected chi connectivity index (χ2v) is 8.51. The Morgan fingerprint density at radius 2 is 1.96 bits per heavy atom. The number of rotatable bonds is 5. The maximum absolute atomic E-state index is 14.1. The minimum absolute atomic E-state index is 0. The van der Waals surface area contributed by atoms with Crippen molar-refractivity contribution in [2.75, 3.05) is 0 Å². The minimum Gasteiger partial charge on any atom is -0.334 e. The zero-order chi connectivity index (χ0) is 17.7. The lowest BCUT2D eigenvalue weighted by atomic mass is 9.99. The van der Waals surface area contributed by atoms with Crippen LogP contribution in [0.5, 0.6) is 0 Å². The van der Waals surface area contributed by atoms with Gasteiger partial charge in [-0.3, -0.25) is 0 Å². The van der Waals surface area contributed by atoms with Gasteiger partial charge in [-0.2, -0.15) is 4.98 Å².